The maximum absolute atomic E-state index is 12.8. The number of benzene rings is 2. The zero-order chi connectivity index (χ0) is 16.9. The summed E-state index contributed by atoms with van der Waals surface area (Å²) in [6.45, 7) is 4.98. The highest BCUT2D eigenvalue weighted by atomic mass is 28.3. The van der Waals surface area contributed by atoms with Crippen molar-refractivity contribution >= 4 is 14.5 Å². The Labute approximate surface area is 135 Å². The van der Waals surface area contributed by atoms with E-state index in [9.17, 15) is 13.2 Å². The van der Waals surface area contributed by atoms with Gasteiger partial charge >= 0.3 is 15.5 Å². The van der Waals surface area contributed by atoms with E-state index in [2.05, 4.69) is 0 Å². The summed E-state index contributed by atoms with van der Waals surface area (Å²) in [7, 11) is -1.92. The maximum atomic E-state index is 12.8. The molecule has 0 aliphatic carbocycles. The van der Waals surface area contributed by atoms with Crippen LogP contribution in [0.15, 0.2) is 48.5 Å². The lowest BCUT2D eigenvalue weighted by molar-refractivity contribution is -0.137. The van der Waals surface area contributed by atoms with E-state index in [1.165, 1.54) is 6.07 Å². The lowest BCUT2D eigenvalue weighted by atomic mass is 10.0. The Balaban J connectivity index is 2.25. The predicted octanol–water partition coefficient (Wildman–Crippen LogP) is 3.87. The number of hydrogen-bond acceptors (Lipinski definition) is 2. The monoisotopic (exact) mass is 340 g/mol. The van der Waals surface area contributed by atoms with Crippen LogP contribution in [0.1, 0.15) is 19.4 Å². The van der Waals surface area contributed by atoms with Gasteiger partial charge < -0.3 is 8.85 Å². The minimum atomic E-state index is -4.34. The van der Waals surface area contributed by atoms with Crippen LogP contribution in [0, 0.1) is 0 Å². The molecule has 0 heterocycles. The van der Waals surface area contributed by atoms with Gasteiger partial charge in [0.1, 0.15) is 0 Å². The molecule has 0 saturated carbocycles. The quantitative estimate of drug-likeness (QED) is 0.743. The van der Waals surface area contributed by atoms with E-state index < -0.39 is 21.0 Å². The highest BCUT2D eigenvalue weighted by Crippen LogP contribution is 2.31. The van der Waals surface area contributed by atoms with Crippen molar-refractivity contribution in [3.8, 4) is 11.1 Å². The molecular formula is C17H19F3O2Si. The highest BCUT2D eigenvalue weighted by Gasteiger charge is 2.30. The summed E-state index contributed by atoms with van der Waals surface area (Å²) < 4.78 is 49.7. The summed E-state index contributed by atoms with van der Waals surface area (Å²) in [5.74, 6) is 0. The van der Waals surface area contributed by atoms with Crippen LogP contribution in [0.4, 0.5) is 13.2 Å². The molecule has 0 saturated heterocycles. The zero-order valence-corrected chi connectivity index (χ0v) is 14.2. The number of alkyl halides is 3. The zero-order valence-electron chi connectivity index (χ0n) is 13.1. The predicted molar refractivity (Wildman–Crippen MR) is 86.9 cm³/mol. The SMILES string of the molecule is CCO[SiH](OCC)c1ccc(-c2cccc(C(F)(F)F)c2)cc1. The lowest BCUT2D eigenvalue weighted by Gasteiger charge is -2.15. The van der Waals surface area contributed by atoms with E-state index in [0.717, 1.165) is 22.9 Å². The van der Waals surface area contributed by atoms with Crippen LogP contribution in [0.3, 0.4) is 0 Å². The van der Waals surface area contributed by atoms with E-state index in [1.54, 1.807) is 6.07 Å². The van der Waals surface area contributed by atoms with Gasteiger partial charge in [-0.15, -0.1) is 0 Å². The van der Waals surface area contributed by atoms with Gasteiger partial charge in [0.15, 0.2) is 0 Å². The molecule has 0 unspecified atom stereocenters. The van der Waals surface area contributed by atoms with E-state index in [0.29, 0.717) is 18.8 Å². The first-order valence-corrected chi connectivity index (χ1v) is 8.98. The molecule has 0 aliphatic heterocycles. The van der Waals surface area contributed by atoms with E-state index >= 15 is 0 Å². The van der Waals surface area contributed by atoms with Crippen LogP contribution in [0.2, 0.25) is 0 Å². The Morgan fingerprint density at radius 1 is 0.870 bits per heavy atom. The standard InChI is InChI=1S/C17H19F3O2Si/c1-3-21-23(22-4-2)16-10-8-13(9-11-16)14-6-5-7-15(12-14)17(18,19)20/h5-12,23H,3-4H2,1-2H3. The molecule has 0 spiro atoms. The molecule has 0 aliphatic rings. The fourth-order valence-corrected chi connectivity index (χ4v) is 3.84. The van der Waals surface area contributed by atoms with Gasteiger partial charge in [0, 0.05) is 13.2 Å². The third-order valence-corrected chi connectivity index (χ3v) is 5.54. The summed E-state index contributed by atoms with van der Waals surface area (Å²) in [5.41, 5.74) is 0.632. The molecule has 2 rings (SSSR count). The second-order valence-corrected chi connectivity index (χ2v) is 6.94. The van der Waals surface area contributed by atoms with Gasteiger partial charge in [-0.3, -0.25) is 0 Å². The van der Waals surface area contributed by atoms with Gasteiger partial charge in [0.05, 0.1) is 5.56 Å². The maximum Gasteiger partial charge on any atom is 0.416 e. The fraction of sp³-hybridized carbons (Fsp3) is 0.294. The van der Waals surface area contributed by atoms with Crippen LogP contribution >= 0.6 is 0 Å². The van der Waals surface area contributed by atoms with Crippen molar-refractivity contribution in [2.45, 2.75) is 20.0 Å². The molecule has 6 heteroatoms. The summed E-state index contributed by atoms with van der Waals surface area (Å²) >= 11 is 0. The van der Waals surface area contributed by atoms with Crippen molar-refractivity contribution in [1.82, 2.24) is 0 Å². The van der Waals surface area contributed by atoms with E-state index in [-0.39, 0.29) is 0 Å². The number of hydrogen-bond donors (Lipinski definition) is 0. The first-order chi connectivity index (χ1) is 11.0. The van der Waals surface area contributed by atoms with Crippen LogP contribution in [-0.2, 0) is 15.0 Å². The number of halogens is 3. The van der Waals surface area contributed by atoms with Gasteiger partial charge in [-0.1, -0.05) is 36.4 Å². The Bertz CT molecular complexity index is 620. The molecule has 23 heavy (non-hydrogen) atoms. The Morgan fingerprint density at radius 3 is 2.00 bits per heavy atom. The second kappa shape index (κ2) is 7.76. The van der Waals surface area contributed by atoms with Gasteiger partial charge in [0.25, 0.3) is 0 Å². The molecular weight excluding hydrogens is 321 g/mol. The van der Waals surface area contributed by atoms with Crippen molar-refractivity contribution in [3.63, 3.8) is 0 Å². The Kier molecular flexibility index (Phi) is 5.98. The first-order valence-electron chi connectivity index (χ1n) is 7.46. The summed E-state index contributed by atoms with van der Waals surface area (Å²) in [6.07, 6.45) is -4.34. The van der Waals surface area contributed by atoms with Crippen LogP contribution in [-0.4, -0.2) is 22.5 Å². The Morgan fingerprint density at radius 2 is 1.48 bits per heavy atom. The van der Waals surface area contributed by atoms with E-state index in [4.69, 9.17) is 8.85 Å². The van der Waals surface area contributed by atoms with Gasteiger partial charge in [-0.2, -0.15) is 13.2 Å². The molecule has 2 aromatic carbocycles. The largest absolute Gasteiger partial charge is 0.416 e. The topological polar surface area (TPSA) is 18.5 Å². The molecule has 0 N–H and O–H groups in total. The minimum Gasteiger partial charge on any atom is -0.394 e. The molecule has 2 nitrogen and oxygen atoms in total. The lowest BCUT2D eigenvalue weighted by Crippen LogP contribution is -2.36. The van der Waals surface area contributed by atoms with Crippen LogP contribution in [0.5, 0.6) is 0 Å². The van der Waals surface area contributed by atoms with Crippen LogP contribution in [0.25, 0.3) is 11.1 Å². The average molecular weight is 340 g/mol. The fourth-order valence-electron chi connectivity index (χ4n) is 2.25. The van der Waals surface area contributed by atoms with Crippen molar-refractivity contribution < 1.29 is 22.0 Å². The Hall–Kier alpha value is -1.63. The number of rotatable bonds is 6. The van der Waals surface area contributed by atoms with E-state index in [1.807, 2.05) is 38.1 Å². The normalized spacial score (nSPS) is 11.9. The third-order valence-electron chi connectivity index (χ3n) is 3.34. The molecule has 0 aromatic heterocycles. The molecule has 0 radical (unpaired) electrons. The molecule has 124 valence electrons. The smallest absolute Gasteiger partial charge is 0.394 e. The van der Waals surface area contributed by atoms with Gasteiger partial charge in [-0.05, 0) is 42.3 Å². The average Bonchev–Trinajstić information content (AvgIpc) is 2.54. The molecule has 2 aromatic rings. The molecule has 0 atom stereocenters. The second-order valence-electron chi connectivity index (χ2n) is 4.94. The van der Waals surface area contributed by atoms with Crippen molar-refractivity contribution in [2.75, 3.05) is 13.2 Å². The van der Waals surface area contributed by atoms with Crippen LogP contribution < -0.4 is 5.19 Å². The first kappa shape index (κ1) is 17.7. The van der Waals surface area contributed by atoms with Gasteiger partial charge in [0.2, 0.25) is 0 Å². The van der Waals surface area contributed by atoms with Crippen molar-refractivity contribution in [3.05, 3.63) is 54.1 Å². The summed E-state index contributed by atoms with van der Waals surface area (Å²) in [6, 6.07) is 12.7. The highest BCUT2D eigenvalue weighted by molar-refractivity contribution is 6.61. The molecule has 0 bridgehead atoms. The van der Waals surface area contributed by atoms with Crippen molar-refractivity contribution in [2.24, 2.45) is 0 Å². The minimum absolute atomic E-state index is 0.539. The summed E-state index contributed by atoms with van der Waals surface area (Å²) in [4.78, 5) is 0. The third kappa shape index (κ3) is 4.67. The molecule has 0 fully saturated rings. The summed E-state index contributed by atoms with van der Waals surface area (Å²) in [5, 5.41) is 0.976. The molecule has 0 amide bonds. The van der Waals surface area contributed by atoms with Gasteiger partial charge in [-0.25, -0.2) is 0 Å². The van der Waals surface area contributed by atoms with Crippen molar-refractivity contribution in [1.29, 1.82) is 0 Å².